The van der Waals surface area contributed by atoms with Gasteiger partial charge in [-0.05, 0) is 38.3 Å². The van der Waals surface area contributed by atoms with E-state index in [9.17, 15) is 0 Å². The zero-order chi connectivity index (χ0) is 17.5. The predicted octanol–water partition coefficient (Wildman–Crippen LogP) is 1.54. The van der Waals surface area contributed by atoms with Gasteiger partial charge in [0.1, 0.15) is 0 Å². The van der Waals surface area contributed by atoms with E-state index in [1.54, 1.807) is 0 Å². The van der Waals surface area contributed by atoms with Crippen molar-refractivity contribution in [2.24, 2.45) is 0 Å². The molecule has 2 N–H and O–H groups in total. The van der Waals surface area contributed by atoms with Gasteiger partial charge in [-0.2, -0.15) is 0 Å². The van der Waals surface area contributed by atoms with E-state index in [-0.39, 0.29) is 0 Å². The number of anilines is 1. The van der Waals surface area contributed by atoms with Crippen molar-refractivity contribution in [2.45, 2.75) is 25.7 Å². The maximum atomic E-state index is 9.10. The van der Waals surface area contributed by atoms with E-state index in [0.29, 0.717) is 0 Å². The van der Waals surface area contributed by atoms with Gasteiger partial charge < -0.3 is 24.5 Å². The molecule has 0 spiro atoms. The molecule has 132 valence electrons. The Bertz CT molecular complexity index is 593. The Morgan fingerprint density at radius 1 is 1.12 bits per heavy atom. The maximum Gasteiger partial charge on any atom is 0.414 e. The number of piperidine rings is 1. The summed E-state index contributed by atoms with van der Waals surface area (Å²) in [6, 6.07) is 0. The van der Waals surface area contributed by atoms with Gasteiger partial charge in [-0.15, -0.1) is 0 Å². The molecule has 2 aliphatic heterocycles. The number of carbonyl (C=O) groups is 2. The lowest BCUT2D eigenvalue weighted by Crippen LogP contribution is -2.30. The molecule has 1 saturated heterocycles. The molecule has 0 amide bonds. The second kappa shape index (κ2) is 8.49. The minimum atomic E-state index is -1.82. The van der Waals surface area contributed by atoms with Gasteiger partial charge >= 0.3 is 11.9 Å². The minimum Gasteiger partial charge on any atom is -0.473 e. The molecule has 0 bridgehead atoms. The molecule has 3 heterocycles. The van der Waals surface area contributed by atoms with Crippen LogP contribution in [0.1, 0.15) is 31.2 Å². The normalized spacial score (nSPS) is 18.4. The molecular weight excluding hydrogens is 314 g/mol. The Morgan fingerprint density at radius 2 is 1.79 bits per heavy atom. The highest BCUT2D eigenvalue weighted by atomic mass is 16.5. The van der Waals surface area contributed by atoms with Gasteiger partial charge in [0.25, 0.3) is 0 Å². The van der Waals surface area contributed by atoms with Gasteiger partial charge in [0.2, 0.25) is 5.88 Å². The minimum absolute atomic E-state index is 0.983. The summed E-state index contributed by atoms with van der Waals surface area (Å²) in [7, 11) is 2.17. The monoisotopic (exact) mass is 337 g/mol. The molecule has 0 atom stereocenters. The van der Waals surface area contributed by atoms with Crippen molar-refractivity contribution in [3.63, 3.8) is 0 Å². The Kier molecular flexibility index (Phi) is 6.36. The van der Waals surface area contributed by atoms with Gasteiger partial charge in [0.15, 0.2) is 0 Å². The summed E-state index contributed by atoms with van der Waals surface area (Å²) >= 11 is 0. The standard InChI is InChI=1S/C14H21N3O.C2H2O4/c1-16-7-5-6-12(11-16)13-10-15-18-14(13)17-8-3-2-4-9-17;3-1(4)2(5)6/h6,10H,2-5,7-9,11H2,1H3;(H,3,4)(H,5,6). The van der Waals surface area contributed by atoms with Gasteiger partial charge in [-0.25, -0.2) is 9.59 Å². The Labute approximate surface area is 140 Å². The fourth-order valence-electron chi connectivity index (χ4n) is 2.87. The summed E-state index contributed by atoms with van der Waals surface area (Å²) in [5.74, 6) is -2.67. The van der Waals surface area contributed by atoms with E-state index in [2.05, 4.69) is 28.1 Å². The molecule has 2 aliphatic rings. The van der Waals surface area contributed by atoms with Crippen molar-refractivity contribution >= 4 is 23.4 Å². The number of nitrogens with zero attached hydrogens (tertiary/aromatic N) is 3. The van der Waals surface area contributed by atoms with E-state index in [1.807, 2.05) is 6.20 Å². The molecule has 1 aromatic rings. The molecule has 3 rings (SSSR count). The lowest BCUT2D eigenvalue weighted by atomic mass is 10.0. The third-order valence-electron chi connectivity index (χ3n) is 4.07. The summed E-state index contributed by atoms with van der Waals surface area (Å²) in [5, 5.41) is 18.8. The van der Waals surface area contributed by atoms with Crippen LogP contribution in [0.5, 0.6) is 0 Å². The van der Waals surface area contributed by atoms with Crippen LogP contribution >= 0.6 is 0 Å². The van der Waals surface area contributed by atoms with Gasteiger partial charge in [-0.1, -0.05) is 11.2 Å². The molecule has 24 heavy (non-hydrogen) atoms. The zero-order valence-corrected chi connectivity index (χ0v) is 13.8. The lowest BCUT2D eigenvalue weighted by molar-refractivity contribution is -0.159. The quantitative estimate of drug-likeness (QED) is 0.783. The van der Waals surface area contributed by atoms with E-state index >= 15 is 0 Å². The molecule has 8 heteroatoms. The highest BCUT2D eigenvalue weighted by Crippen LogP contribution is 2.31. The smallest absolute Gasteiger partial charge is 0.414 e. The maximum absolute atomic E-state index is 9.10. The number of hydrogen-bond acceptors (Lipinski definition) is 6. The van der Waals surface area contributed by atoms with E-state index in [1.165, 1.54) is 30.4 Å². The van der Waals surface area contributed by atoms with Crippen molar-refractivity contribution in [3.05, 3.63) is 17.8 Å². The number of aliphatic carboxylic acids is 2. The summed E-state index contributed by atoms with van der Waals surface area (Å²) in [4.78, 5) is 22.9. The second-order valence-corrected chi connectivity index (χ2v) is 5.96. The van der Waals surface area contributed by atoms with Crippen molar-refractivity contribution in [1.29, 1.82) is 0 Å². The third-order valence-corrected chi connectivity index (χ3v) is 4.07. The number of likely N-dealkylation sites (N-methyl/N-ethyl adjacent to an activating group) is 1. The van der Waals surface area contributed by atoms with Crippen LogP contribution in [0.4, 0.5) is 5.88 Å². The first kappa shape index (κ1) is 18.0. The Morgan fingerprint density at radius 3 is 2.38 bits per heavy atom. The Hall–Kier alpha value is -2.35. The Balaban J connectivity index is 0.000000301. The first-order chi connectivity index (χ1) is 11.5. The second-order valence-electron chi connectivity index (χ2n) is 5.96. The summed E-state index contributed by atoms with van der Waals surface area (Å²) < 4.78 is 5.51. The first-order valence-corrected chi connectivity index (χ1v) is 8.03. The van der Waals surface area contributed by atoms with Crippen molar-refractivity contribution in [1.82, 2.24) is 10.1 Å². The predicted molar refractivity (Wildman–Crippen MR) is 87.9 cm³/mol. The largest absolute Gasteiger partial charge is 0.473 e. The molecule has 0 aromatic carbocycles. The van der Waals surface area contributed by atoms with Crippen molar-refractivity contribution in [3.8, 4) is 0 Å². The lowest BCUT2D eigenvalue weighted by Gasteiger charge is -2.28. The van der Waals surface area contributed by atoms with Crippen molar-refractivity contribution < 1.29 is 24.3 Å². The highest BCUT2D eigenvalue weighted by Gasteiger charge is 2.22. The first-order valence-electron chi connectivity index (χ1n) is 8.03. The third kappa shape index (κ3) is 4.82. The van der Waals surface area contributed by atoms with Gasteiger partial charge in [-0.3, -0.25) is 0 Å². The molecule has 0 radical (unpaired) electrons. The fourth-order valence-corrected chi connectivity index (χ4v) is 2.87. The summed E-state index contributed by atoms with van der Waals surface area (Å²) in [5.41, 5.74) is 2.56. The zero-order valence-electron chi connectivity index (χ0n) is 13.8. The molecule has 1 aromatic heterocycles. The van der Waals surface area contributed by atoms with Gasteiger partial charge in [0.05, 0.1) is 11.8 Å². The van der Waals surface area contributed by atoms with Crippen LogP contribution in [0.25, 0.3) is 5.57 Å². The topological polar surface area (TPSA) is 107 Å². The van der Waals surface area contributed by atoms with Crippen LogP contribution in [0.15, 0.2) is 16.8 Å². The van der Waals surface area contributed by atoms with Crippen LogP contribution < -0.4 is 4.90 Å². The number of rotatable bonds is 2. The van der Waals surface area contributed by atoms with E-state index < -0.39 is 11.9 Å². The van der Waals surface area contributed by atoms with Crippen LogP contribution in [0.3, 0.4) is 0 Å². The number of aromatic nitrogens is 1. The molecule has 8 nitrogen and oxygen atoms in total. The molecule has 0 unspecified atom stereocenters. The molecular formula is C16H23N3O5. The average molecular weight is 337 g/mol. The van der Waals surface area contributed by atoms with Crippen LogP contribution in [-0.4, -0.2) is 65.4 Å². The average Bonchev–Trinajstić information content (AvgIpc) is 3.06. The fraction of sp³-hybridized carbons (Fsp3) is 0.562. The van der Waals surface area contributed by atoms with E-state index in [4.69, 9.17) is 24.3 Å². The van der Waals surface area contributed by atoms with E-state index in [0.717, 1.165) is 38.5 Å². The SMILES string of the molecule is CN1CCC=C(c2cnoc2N2CCCCC2)C1.O=C(O)C(=O)O. The van der Waals surface area contributed by atoms with Crippen molar-refractivity contribution in [2.75, 3.05) is 38.1 Å². The number of carboxylic acid groups (broad SMARTS) is 2. The van der Waals surface area contributed by atoms with Crippen LogP contribution in [0, 0.1) is 0 Å². The molecule has 0 aliphatic carbocycles. The van der Waals surface area contributed by atoms with Crippen LogP contribution in [0.2, 0.25) is 0 Å². The number of hydrogen-bond donors (Lipinski definition) is 2. The summed E-state index contributed by atoms with van der Waals surface area (Å²) in [6.45, 7) is 4.35. The molecule has 1 fully saturated rings. The molecule has 0 saturated carbocycles. The highest BCUT2D eigenvalue weighted by molar-refractivity contribution is 6.27. The summed E-state index contributed by atoms with van der Waals surface area (Å²) in [6.07, 6.45) is 9.20. The number of carboxylic acids is 2. The van der Waals surface area contributed by atoms with Crippen LogP contribution in [-0.2, 0) is 9.59 Å². The van der Waals surface area contributed by atoms with Gasteiger partial charge in [0, 0.05) is 26.2 Å².